The average Bonchev–Trinajstić information content (AvgIpc) is 3.26. The number of amides is 2. The van der Waals surface area contributed by atoms with E-state index in [4.69, 9.17) is 14.2 Å². The van der Waals surface area contributed by atoms with E-state index in [9.17, 15) is 9.59 Å². The van der Waals surface area contributed by atoms with Gasteiger partial charge >= 0.3 is 6.09 Å². The molecule has 0 aromatic carbocycles. The van der Waals surface area contributed by atoms with E-state index in [2.05, 4.69) is 10.3 Å². The molecule has 3 aliphatic rings. The Bertz CT molecular complexity index is 849. The van der Waals surface area contributed by atoms with E-state index >= 15 is 0 Å². The monoisotopic (exact) mass is 415 g/mol. The van der Waals surface area contributed by atoms with Crippen molar-refractivity contribution in [2.24, 2.45) is 5.41 Å². The Balaban J connectivity index is 1.61. The van der Waals surface area contributed by atoms with E-state index in [0.29, 0.717) is 38.7 Å². The maximum atomic E-state index is 13.2. The highest BCUT2D eigenvalue weighted by Gasteiger charge is 2.68. The summed E-state index contributed by atoms with van der Waals surface area (Å²) in [4.78, 5) is 32.1. The standard InChI is InChI=1S/C22H29N3O5/c1-21(2,3)30-20(27)25-16-11-22(12-17(22)25)14-29-10-5-4-9-28-13-15-7-6-8-23-18(15)24-19(16)26/h4-8,16-17H,9-14H2,1-3H3,(H,23,24,26)/b5-4+/t16-,17+,22-/m0/s1. The lowest BCUT2D eigenvalue weighted by atomic mass is 10.00. The molecular weight excluding hydrogens is 386 g/mol. The number of ether oxygens (including phenoxy) is 3. The second-order valence-electron chi connectivity index (χ2n) is 9.19. The first-order valence-electron chi connectivity index (χ1n) is 10.4. The highest BCUT2D eigenvalue weighted by Crippen LogP contribution is 2.60. The van der Waals surface area contributed by atoms with E-state index in [1.165, 1.54) is 0 Å². The molecule has 8 heteroatoms. The van der Waals surface area contributed by atoms with Gasteiger partial charge in [0.25, 0.3) is 0 Å². The molecule has 1 aromatic rings. The molecule has 2 bridgehead atoms. The normalized spacial score (nSPS) is 30.2. The van der Waals surface area contributed by atoms with Crippen LogP contribution >= 0.6 is 0 Å². The first-order valence-corrected chi connectivity index (χ1v) is 10.4. The molecule has 2 aliphatic heterocycles. The van der Waals surface area contributed by atoms with Gasteiger partial charge in [0.1, 0.15) is 17.5 Å². The van der Waals surface area contributed by atoms with Gasteiger partial charge < -0.3 is 19.5 Å². The number of aromatic nitrogens is 1. The number of piperidine rings is 1. The molecule has 3 atom stereocenters. The number of hydrogen-bond donors (Lipinski definition) is 1. The van der Waals surface area contributed by atoms with Crippen LogP contribution in [0.25, 0.3) is 0 Å². The quantitative estimate of drug-likeness (QED) is 0.656. The second kappa shape index (κ2) is 8.00. The van der Waals surface area contributed by atoms with Crippen LogP contribution in [0.5, 0.6) is 0 Å². The van der Waals surface area contributed by atoms with Crippen LogP contribution in [0, 0.1) is 5.41 Å². The highest BCUT2D eigenvalue weighted by molar-refractivity contribution is 5.97. The number of anilines is 1. The number of carbonyl (C=O) groups is 2. The third-order valence-corrected chi connectivity index (χ3v) is 5.70. The van der Waals surface area contributed by atoms with E-state index in [1.54, 1.807) is 17.2 Å². The molecule has 2 amide bonds. The van der Waals surface area contributed by atoms with Crippen molar-refractivity contribution in [2.75, 3.05) is 25.1 Å². The maximum absolute atomic E-state index is 13.2. The fourth-order valence-electron chi connectivity index (χ4n) is 4.21. The molecule has 1 N–H and O–H groups in total. The summed E-state index contributed by atoms with van der Waals surface area (Å²) in [5.41, 5.74) is -0.0506. The van der Waals surface area contributed by atoms with Gasteiger partial charge in [0.2, 0.25) is 5.91 Å². The van der Waals surface area contributed by atoms with Gasteiger partial charge in [-0.05, 0) is 39.7 Å². The number of carbonyl (C=O) groups excluding carboxylic acids is 2. The van der Waals surface area contributed by atoms with Crippen molar-refractivity contribution in [2.45, 2.75) is 57.9 Å². The van der Waals surface area contributed by atoms with E-state index in [1.807, 2.05) is 39.0 Å². The molecule has 2 fully saturated rings. The van der Waals surface area contributed by atoms with Crippen LogP contribution in [-0.2, 0) is 25.6 Å². The third kappa shape index (κ3) is 4.34. The first kappa shape index (κ1) is 20.8. The van der Waals surface area contributed by atoms with Crippen molar-refractivity contribution in [1.82, 2.24) is 9.88 Å². The van der Waals surface area contributed by atoms with Crippen LogP contribution in [0.4, 0.5) is 10.6 Å². The predicted octanol–water partition coefficient (Wildman–Crippen LogP) is 2.89. The number of likely N-dealkylation sites (tertiary alicyclic amines) is 1. The van der Waals surface area contributed by atoms with E-state index in [-0.39, 0.29) is 17.4 Å². The van der Waals surface area contributed by atoms with Crippen LogP contribution in [0.1, 0.15) is 39.2 Å². The molecule has 1 spiro atoms. The summed E-state index contributed by atoms with van der Waals surface area (Å²) in [5, 5.41) is 2.90. The van der Waals surface area contributed by atoms with Crippen LogP contribution in [0.15, 0.2) is 30.5 Å². The zero-order valence-corrected chi connectivity index (χ0v) is 17.7. The molecule has 4 rings (SSSR count). The van der Waals surface area contributed by atoms with Crippen LogP contribution in [0.2, 0.25) is 0 Å². The average molecular weight is 415 g/mol. The summed E-state index contributed by atoms with van der Waals surface area (Å²) in [6.45, 7) is 7.22. The Morgan fingerprint density at radius 1 is 1.27 bits per heavy atom. The van der Waals surface area contributed by atoms with E-state index in [0.717, 1.165) is 12.0 Å². The largest absolute Gasteiger partial charge is 0.444 e. The molecule has 0 unspecified atom stereocenters. The lowest BCUT2D eigenvalue weighted by molar-refractivity contribution is -0.121. The minimum absolute atomic E-state index is 0.0495. The van der Waals surface area contributed by atoms with Crippen molar-refractivity contribution >= 4 is 17.8 Å². The molecule has 162 valence electrons. The highest BCUT2D eigenvalue weighted by atomic mass is 16.6. The van der Waals surface area contributed by atoms with Crippen molar-refractivity contribution in [3.05, 3.63) is 36.0 Å². The van der Waals surface area contributed by atoms with Crippen LogP contribution < -0.4 is 5.32 Å². The fraction of sp³-hybridized carbons (Fsp3) is 0.591. The van der Waals surface area contributed by atoms with Crippen LogP contribution in [0.3, 0.4) is 0 Å². The van der Waals surface area contributed by atoms with Gasteiger partial charge in [-0.1, -0.05) is 18.2 Å². The molecular formula is C22H29N3O5. The van der Waals surface area contributed by atoms with Gasteiger partial charge in [-0.2, -0.15) is 0 Å². The van der Waals surface area contributed by atoms with Gasteiger partial charge in [0.15, 0.2) is 0 Å². The minimum atomic E-state index is -0.637. The summed E-state index contributed by atoms with van der Waals surface area (Å²) in [6.07, 6.45) is 6.38. The number of pyridine rings is 1. The number of nitrogens with one attached hydrogen (secondary N) is 1. The topological polar surface area (TPSA) is 90.0 Å². The SMILES string of the molecule is CC(C)(C)OC(=O)N1[C@H]2C[C@@]3(COC/C=C/COCc4cccnc4NC2=O)C[C@@H]13. The summed E-state index contributed by atoms with van der Waals surface area (Å²) in [7, 11) is 0. The van der Waals surface area contributed by atoms with Crippen molar-refractivity contribution in [3.63, 3.8) is 0 Å². The third-order valence-electron chi connectivity index (χ3n) is 5.70. The maximum Gasteiger partial charge on any atom is 0.411 e. The Kier molecular flexibility index (Phi) is 5.55. The number of hydrogen-bond acceptors (Lipinski definition) is 6. The molecule has 1 saturated carbocycles. The Labute approximate surface area is 176 Å². The van der Waals surface area contributed by atoms with Gasteiger partial charge in [0.05, 0.1) is 26.4 Å². The molecule has 30 heavy (non-hydrogen) atoms. The predicted molar refractivity (Wildman–Crippen MR) is 110 cm³/mol. The van der Waals surface area contributed by atoms with Gasteiger partial charge in [0, 0.05) is 23.2 Å². The second-order valence-corrected chi connectivity index (χ2v) is 9.19. The Morgan fingerprint density at radius 2 is 2.03 bits per heavy atom. The summed E-state index contributed by atoms with van der Waals surface area (Å²) in [6, 6.07) is 3.00. The molecule has 0 radical (unpaired) electrons. The zero-order chi connectivity index (χ0) is 21.4. The fourth-order valence-corrected chi connectivity index (χ4v) is 4.21. The van der Waals surface area contributed by atoms with E-state index < -0.39 is 17.7 Å². The summed E-state index contributed by atoms with van der Waals surface area (Å²) in [5.74, 6) is 0.191. The summed E-state index contributed by atoms with van der Waals surface area (Å²) < 4.78 is 17.1. The molecule has 3 heterocycles. The molecule has 1 aliphatic carbocycles. The van der Waals surface area contributed by atoms with Gasteiger partial charge in [-0.3, -0.25) is 9.69 Å². The van der Waals surface area contributed by atoms with Crippen LogP contribution in [-0.4, -0.2) is 59.4 Å². The smallest absolute Gasteiger partial charge is 0.411 e. The lowest BCUT2D eigenvalue weighted by Gasteiger charge is -2.29. The molecule has 8 nitrogen and oxygen atoms in total. The van der Waals surface area contributed by atoms with Crippen molar-refractivity contribution in [3.8, 4) is 0 Å². The Hall–Kier alpha value is -2.45. The lowest BCUT2D eigenvalue weighted by Crippen LogP contribution is -2.47. The van der Waals surface area contributed by atoms with Gasteiger partial charge in [-0.15, -0.1) is 0 Å². The number of nitrogens with zero attached hydrogens (tertiary/aromatic N) is 2. The number of fused-ring (bicyclic) bond motifs is 2. The minimum Gasteiger partial charge on any atom is -0.444 e. The number of rotatable bonds is 0. The van der Waals surface area contributed by atoms with Crippen molar-refractivity contribution < 1.29 is 23.8 Å². The molecule has 1 aromatic heterocycles. The van der Waals surface area contributed by atoms with Gasteiger partial charge in [-0.25, -0.2) is 9.78 Å². The van der Waals surface area contributed by atoms with Crippen molar-refractivity contribution in [1.29, 1.82) is 0 Å². The summed E-state index contributed by atoms with van der Waals surface area (Å²) >= 11 is 0. The first-order chi connectivity index (χ1) is 14.3. The zero-order valence-electron chi connectivity index (χ0n) is 17.7. The Morgan fingerprint density at radius 3 is 2.80 bits per heavy atom. The molecule has 1 saturated heterocycles.